The molecule has 1 N–H and O–H groups in total. The number of carbonyl (C=O) groups is 1. The molecule has 6 nitrogen and oxygen atoms in total. The quantitative estimate of drug-likeness (QED) is 0.933. The maximum absolute atomic E-state index is 12.4. The molecule has 0 spiro atoms. The maximum Gasteiger partial charge on any atom is 0.266 e. The Labute approximate surface area is 140 Å². The van der Waals surface area contributed by atoms with E-state index in [0.717, 1.165) is 43.3 Å². The molecular weight excluding hydrogens is 306 g/mol. The summed E-state index contributed by atoms with van der Waals surface area (Å²) in [4.78, 5) is 18.9. The van der Waals surface area contributed by atoms with Crippen LogP contribution in [-0.4, -0.2) is 43.3 Å². The van der Waals surface area contributed by atoms with Crippen LogP contribution in [0.3, 0.4) is 0 Å². The first kappa shape index (κ1) is 15.0. The first-order chi connectivity index (χ1) is 11.8. The first-order valence-corrected chi connectivity index (χ1v) is 8.14. The zero-order chi connectivity index (χ0) is 16.4. The second-order valence-electron chi connectivity index (χ2n) is 5.91. The zero-order valence-electron chi connectivity index (χ0n) is 13.3. The molecule has 1 saturated heterocycles. The summed E-state index contributed by atoms with van der Waals surface area (Å²) in [5.41, 5.74) is 2.11. The normalized spacial score (nSPS) is 19.5. The predicted octanol–water partition coefficient (Wildman–Crippen LogP) is 1.86. The molecule has 0 aliphatic carbocycles. The molecule has 4 rings (SSSR count). The number of fused-ring (bicyclic) bond motifs is 1. The lowest BCUT2D eigenvalue weighted by atomic mass is 10.1. The van der Waals surface area contributed by atoms with Gasteiger partial charge >= 0.3 is 0 Å². The van der Waals surface area contributed by atoms with Crippen molar-refractivity contribution in [3.63, 3.8) is 0 Å². The van der Waals surface area contributed by atoms with Crippen LogP contribution in [0.1, 0.15) is 5.56 Å². The van der Waals surface area contributed by atoms with Gasteiger partial charge in [0.25, 0.3) is 5.91 Å². The van der Waals surface area contributed by atoms with E-state index in [4.69, 9.17) is 9.47 Å². The number of amides is 1. The number of ether oxygens (including phenoxy) is 2. The zero-order valence-corrected chi connectivity index (χ0v) is 13.3. The summed E-state index contributed by atoms with van der Waals surface area (Å²) >= 11 is 0. The van der Waals surface area contributed by atoms with Gasteiger partial charge in [0.1, 0.15) is 11.6 Å². The summed E-state index contributed by atoms with van der Waals surface area (Å²) in [6, 6.07) is 11.5. The molecule has 1 aromatic heterocycles. The number of hydrogen-bond donors (Lipinski definition) is 1. The van der Waals surface area contributed by atoms with Crippen molar-refractivity contribution in [1.29, 1.82) is 0 Å². The van der Waals surface area contributed by atoms with E-state index in [2.05, 4.69) is 15.2 Å². The Kier molecular flexibility index (Phi) is 4.04. The number of carbonyl (C=O) groups excluding carboxylic acids is 1. The van der Waals surface area contributed by atoms with Gasteiger partial charge in [-0.2, -0.15) is 0 Å². The Bertz CT molecular complexity index is 702. The van der Waals surface area contributed by atoms with Gasteiger partial charge in [0.15, 0.2) is 6.10 Å². The Morgan fingerprint density at radius 2 is 2.00 bits per heavy atom. The standard InChI is InChI=1S/C18H19N3O3/c22-18(16-11-13-3-1-2-4-15(13)24-16)20-17-6-5-14(12-19-17)21-7-9-23-10-8-21/h1-6,12,16H,7-11H2,(H,19,20,22)/t16-/m0/s1. The van der Waals surface area contributed by atoms with Crippen molar-refractivity contribution in [1.82, 2.24) is 4.98 Å². The third kappa shape index (κ3) is 3.05. The molecule has 2 aliphatic rings. The molecular formula is C18H19N3O3. The predicted molar refractivity (Wildman–Crippen MR) is 90.5 cm³/mol. The number of anilines is 2. The van der Waals surface area contributed by atoms with Gasteiger partial charge in [-0.1, -0.05) is 18.2 Å². The van der Waals surface area contributed by atoms with Gasteiger partial charge in [-0.3, -0.25) is 4.79 Å². The number of aromatic nitrogens is 1. The van der Waals surface area contributed by atoms with Crippen molar-refractivity contribution < 1.29 is 14.3 Å². The molecule has 1 aromatic carbocycles. The molecule has 0 radical (unpaired) electrons. The van der Waals surface area contributed by atoms with Crippen LogP contribution in [-0.2, 0) is 16.0 Å². The summed E-state index contributed by atoms with van der Waals surface area (Å²) in [5.74, 6) is 1.16. The average molecular weight is 325 g/mol. The summed E-state index contributed by atoms with van der Waals surface area (Å²) in [6.45, 7) is 3.19. The fourth-order valence-electron chi connectivity index (χ4n) is 3.00. The van der Waals surface area contributed by atoms with Crippen LogP contribution in [0.5, 0.6) is 5.75 Å². The van der Waals surface area contributed by atoms with E-state index in [1.807, 2.05) is 36.4 Å². The van der Waals surface area contributed by atoms with E-state index in [9.17, 15) is 4.79 Å². The van der Waals surface area contributed by atoms with Crippen molar-refractivity contribution in [2.45, 2.75) is 12.5 Å². The van der Waals surface area contributed by atoms with Crippen molar-refractivity contribution in [3.8, 4) is 5.75 Å². The highest BCUT2D eigenvalue weighted by Crippen LogP contribution is 2.28. The fraction of sp³-hybridized carbons (Fsp3) is 0.333. The minimum atomic E-state index is -0.497. The maximum atomic E-state index is 12.4. The lowest BCUT2D eigenvalue weighted by Crippen LogP contribution is -2.36. The highest BCUT2D eigenvalue weighted by Gasteiger charge is 2.29. The van der Waals surface area contributed by atoms with Crippen LogP contribution in [0, 0.1) is 0 Å². The van der Waals surface area contributed by atoms with Crippen LogP contribution in [0.25, 0.3) is 0 Å². The molecule has 3 heterocycles. The summed E-state index contributed by atoms with van der Waals surface area (Å²) in [5, 5.41) is 2.83. The Balaban J connectivity index is 1.38. The van der Waals surface area contributed by atoms with Gasteiger partial charge < -0.3 is 19.7 Å². The van der Waals surface area contributed by atoms with Crippen molar-refractivity contribution in [3.05, 3.63) is 48.2 Å². The third-order valence-electron chi connectivity index (χ3n) is 4.31. The van der Waals surface area contributed by atoms with E-state index in [1.165, 1.54) is 0 Å². The largest absolute Gasteiger partial charge is 0.480 e. The number of nitrogens with one attached hydrogen (secondary N) is 1. The number of pyridine rings is 1. The number of hydrogen-bond acceptors (Lipinski definition) is 5. The van der Waals surface area contributed by atoms with E-state index in [-0.39, 0.29) is 5.91 Å². The van der Waals surface area contributed by atoms with Crippen LogP contribution in [0.2, 0.25) is 0 Å². The van der Waals surface area contributed by atoms with Crippen LogP contribution in [0.4, 0.5) is 11.5 Å². The Morgan fingerprint density at radius 1 is 1.17 bits per heavy atom. The molecule has 0 bridgehead atoms. The highest BCUT2D eigenvalue weighted by atomic mass is 16.5. The van der Waals surface area contributed by atoms with Gasteiger partial charge in [0.2, 0.25) is 0 Å². The Morgan fingerprint density at radius 3 is 2.75 bits per heavy atom. The first-order valence-electron chi connectivity index (χ1n) is 8.14. The minimum Gasteiger partial charge on any atom is -0.480 e. The molecule has 0 unspecified atom stereocenters. The SMILES string of the molecule is O=C(Nc1ccc(N2CCOCC2)cn1)[C@@H]1Cc2ccccc2O1. The molecule has 6 heteroatoms. The van der Waals surface area contributed by atoms with Crippen molar-refractivity contribution >= 4 is 17.4 Å². The average Bonchev–Trinajstić information content (AvgIpc) is 3.07. The second-order valence-corrected chi connectivity index (χ2v) is 5.91. The molecule has 1 fully saturated rings. The number of para-hydroxylation sites is 1. The van der Waals surface area contributed by atoms with E-state index in [0.29, 0.717) is 12.2 Å². The third-order valence-corrected chi connectivity index (χ3v) is 4.31. The van der Waals surface area contributed by atoms with Gasteiger partial charge in [-0.25, -0.2) is 4.98 Å². The molecule has 0 saturated carbocycles. The number of rotatable bonds is 3. The monoisotopic (exact) mass is 325 g/mol. The lowest BCUT2D eigenvalue weighted by molar-refractivity contribution is -0.122. The van der Waals surface area contributed by atoms with Gasteiger partial charge in [0, 0.05) is 19.5 Å². The number of morpholine rings is 1. The molecule has 2 aromatic rings. The number of benzene rings is 1. The lowest BCUT2D eigenvalue weighted by Gasteiger charge is -2.28. The van der Waals surface area contributed by atoms with E-state index >= 15 is 0 Å². The van der Waals surface area contributed by atoms with E-state index < -0.39 is 6.10 Å². The fourth-order valence-corrected chi connectivity index (χ4v) is 3.00. The van der Waals surface area contributed by atoms with Crippen LogP contribution in [0.15, 0.2) is 42.6 Å². The summed E-state index contributed by atoms with van der Waals surface area (Å²) in [6.07, 6.45) is 1.88. The topological polar surface area (TPSA) is 63.7 Å². The number of nitrogens with zero attached hydrogens (tertiary/aromatic N) is 2. The van der Waals surface area contributed by atoms with Crippen LogP contribution < -0.4 is 15.0 Å². The molecule has 124 valence electrons. The molecule has 24 heavy (non-hydrogen) atoms. The van der Waals surface area contributed by atoms with Crippen molar-refractivity contribution in [2.24, 2.45) is 0 Å². The summed E-state index contributed by atoms with van der Waals surface area (Å²) < 4.78 is 11.0. The van der Waals surface area contributed by atoms with Crippen LogP contribution >= 0.6 is 0 Å². The molecule has 1 atom stereocenters. The molecule has 2 aliphatic heterocycles. The second kappa shape index (κ2) is 6.49. The van der Waals surface area contributed by atoms with E-state index in [1.54, 1.807) is 6.20 Å². The van der Waals surface area contributed by atoms with Gasteiger partial charge in [-0.15, -0.1) is 0 Å². The van der Waals surface area contributed by atoms with Gasteiger partial charge in [-0.05, 0) is 23.8 Å². The summed E-state index contributed by atoms with van der Waals surface area (Å²) in [7, 11) is 0. The minimum absolute atomic E-state index is 0.169. The Hall–Kier alpha value is -2.60. The smallest absolute Gasteiger partial charge is 0.266 e. The highest BCUT2D eigenvalue weighted by molar-refractivity contribution is 5.94. The molecule has 1 amide bonds. The van der Waals surface area contributed by atoms with Crippen molar-refractivity contribution in [2.75, 3.05) is 36.5 Å². The van der Waals surface area contributed by atoms with Gasteiger partial charge in [0.05, 0.1) is 25.1 Å².